The molecule has 1 saturated carbocycles. The van der Waals surface area contributed by atoms with Gasteiger partial charge >= 0.3 is 0 Å². The van der Waals surface area contributed by atoms with E-state index < -0.39 is 0 Å². The second-order valence-electron chi connectivity index (χ2n) is 6.16. The molecule has 1 aliphatic carbocycles. The van der Waals surface area contributed by atoms with Gasteiger partial charge in [-0.05, 0) is 44.4 Å². The number of hydrogen-bond acceptors (Lipinski definition) is 4. The van der Waals surface area contributed by atoms with Gasteiger partial charge in [0.2, 0.25) is 5.89 Å². The van der Waals surface area contributed by atoms with Crippen molar-refractivity contribution >= 4 is 5.69 Å². The molecule has 1 aliphatic rings. The van der Waals surface area contributed by atoms with E-state index in [1.807, 2.05) is 19.2 Å². The van der Waals surface area contributed by atoms with Crippen LogP contribution < -0.4 is 5.32 Å². The van der Waals surface area contributed by atoms with Crippen LogP contribution in [0.5, 0.6) is 0 Å². The van der Waals surface area contributed by atoms with Gasteiger partial charge in [0, 0.05) is 29.7 Å². The first kappa shape index (κ1) is 14.1. The third-order valence-corrected chi connectivity index (χ3v) is 4.23. The number of rotatable bonds is 5. The van der Waals surface area contributed by atoms with E-state index in [0.717, 1.165) is 29.3 Å². The largest absolute Gasteiger partial charge is 0.444 e. The Morgan fingerprint density at radius 1 is 1.30 bits per heavy atom. The molecule has 0 amide bonds. The molecule has 0 saturated heterocycles. The molecular weight excluding hydrogens is 288 g/mol. The Balaban J connectivity index is 1.55. The van der Waals surface area contributed by atoms with Crippen LogP contribution in [0.1, 0.15) is 36.0 Å². The minimum absolute atomic E-state index is 0.650. The summed E-state index contributed by atoms with van der Waals surface area (Å²) in [5.41, 5.74) is 4.16. The van der Waals surface area contributed by atoms with Crippen LogP contribution in [0.25, 0.3) is 11.5 Å². The lowest BCUT2D eigenvalue weighted by molar-refractivity contribution is 0.573. The molecule has 1 aromatic carbocycles. The molecule has 0 bridgehead atoms. The number of oxazole rings is 1. The molecule has 2 aromatic heterocycles. The molecule has 1 N–H and O–H groups in total. The highest BCUT2D eigenvalue weighted by Crippen LogP contribution is 2.35. The third-order valence-electron chi connectivity index (χ3n) is 4.23. The molecule has 0 aliphatic heterocycles. The van der Waals surface area contributed by atoms with Crippen LogP contribution in [0.3, 0.4) is 0 Å². The fraction of sp³-hybridized carbons (Fsp3) is 0.333. The predicted molar refractivity (Wildman–Crippen MR) is 89.2 cm³/mol. The van der Waals surface area contributed by atoms with E-state index in [9.17, 15) is 0 Å². The lowest BCUT2D eigenvalue weighted by Gasteiger charge is -2.12. The molecule has 2 heterocycles. The van der Waals surface area contributed by atoms with E-state index in [1.54, 1.807) is 6.26 Å². The quantitative estimate of drug-likeness (QED) is 0.771. The normalized spacial score (nSPS) is 14.2. The van der Waals surface area contributed by atoms with Crippen molar-refractivity contribution < 1.29 is 4.42 Å². The number of anilines is 1. The summed E-state index contributed by atoms with van der Waals surface area (Å²) in [6.07, 6.45) is 8.17. The maximum Gasteiger partial charge on any atom is 0.226 e. The summed E-state index contributed by atoms with van der Waals surface area (Å²) in [6.45, 7) is 4.75. The molecule has 0 radical (unpaired) electrons. The van der Waals surface area contributed by atoms with Crippen LogP contribution in [0, 0.1) is 13.8 Å². The number of aromatic nitrogens is 3. The molecule has 0 spiro atoms. The summed E-state index contributed by atoms with van der Waals surface area (Å²) in [7, 11) is 0. The van der Waals surface area contributed by atoms with E-state index in [-0.39, 0.29) is 0 Å². The minimum atomic E-state index is 0.650. The zero-order valence-corrected chi connectivity index (χ0v) is 13.4. The molecule has 5 heteroatoms. The predicted octanol–water partition coefficient (Wildman–Crippen LogP) is 4.10. The maximum atomic E-state index is 5.50. The molecular formula is C18H20N4O. The smallest absolute Gasteiger partial charge is 0.226 e. The summed E-state index contributed by atoms with van der Waals surface area (Å²) in [4.78, 5) is 8.87. The standard InChI is InChI=1S/C18H20N4O/c1-12-3-4-14(18-21-13(2)11-23-18)9-16(12)20-10-17-19-7-8-22(17)15-5-6-15/h3-4,7-9,11,15,20H,5-6,10H2,1-2H3. The molecule has 5 nitrogen and oxygen atoms in total. The van der Waals surface area contributed by atoms with E-state index in [1.165, 1.54) is 18.4 Å². The Labute approximate surface area is 135 Å². The summed E-state index contributed by atoms with van der Waals surface area (Å²) in [5.74, 6) is 1.74. The summed E-state index contributed by atoms with van der Waals surface area (Å²) in [5, 5.41) is 3.50. The SMILES string of the molecule is Cc1coc(-c2ccc(C)c(NCc3nccn3C3CC3)c2)n1. The van der Waals surface area contributed by atoms with Gasteiger partial charge < -0.3 is 14.3 Å². The van der Waals surface area contributed by atoms with Gasteiger partial charge in [-0.25, -0.2) is 9.97 Å². The van der Waals surface area contributed by atoms with Crippen LogP contribution in [0.2, 0.25) is 0 Å². The maximum absolute atomic E-state index is 5.50. The highest BCUT2D eigenvalue weighted by atomic mass is 16.3. The average Bonchev–Trinajstić information content (AvgIpc) is 3.12. The van der Waals surface area contributed by atoms with Gasteiger partial charge in [0.25, 0.3) is 0 Å². The second-order valence-corrected chi connectivity index (χ2v) is 6.16. The van der Waals surface area contributed by atoms with Crippen molar-refractivity contribution in [1.82, 2.24) is 14.5 Å². The van der Waals surface area contributed by atoms with Gasteiger partial charge in [-0.15, -0.1) is 0 Å². The monoisotopic (exact) mass is 308 g/mol. The van der Waals surface area contributed by atoms with Gasteiger partial charge in [-0.3, -0.25) is 0 Å². The van der Waals surface area contributed by atoms with Gasteiger partial charge in [0.1, 0.15) is 12.1 Å². The number of nitrogens with one attached hydrogen (secondary N) is 1. The Kier molecular flexibility index (Phi) is 3.41. The van der Waals surface area contributed by atoms with E-state index in [4.69, 9.17) is 4.42 Å². The third kappa shape index (κ3) is 2.86. The van der Waals surface area contributed by atoms with Crippen LogP contribution >= 0.6 is 0 Å². The van der Waals surface area contributed by atoms with Crippen molar-refractivity contribution in [3.05, 3.63) is 53.9 Å². The fourth-order valence-electron chi connectivity index (χ4n) is 2.77. The average molecular weight is 308 g/mol. The Hall–Kier alpha value is -2.56. The van der Waals surface area contributed by atoms with Crippen molar-refractivity contribution in [3.8, 4) is 11.5 Å². The number of benzene rings is 1. The van der Waals surface area contributed by atoms with Crippen LogP contribution in [0.15, 0.2) is 41.3 Å². The van der Waals surface area contributed by atoms with Crippen molar-refractivity contribution in [2.45, 2.75) is 39.3 Å². The first-order valence-electron chi connectivity index (χ1n) is 7.99. The lowest BCUT2D eigenvalue weighted by atomic mass is 10.1. The zero-order valence-electron chi connectivity index (χ0n) is 13.4. The highest BCUT2D eigenvalue weighted by molar-refractivity contribution is 5.64. The van der Waals surface area contributed by atoms with Crippen molar-refractivity contribution in [2.24, 2.45) is 0 Å². The Morgan fingerprint density at radius 3 is 2.91 bits per heavy atom. The van der Waals surface area contributed by atoms with Gasteiger partial charge in [-0.2, -0.15) is 0 Å². The first-order valence-corrected chi connectivity index (χ1v) is 7.99. The van der Waals surface area contributed by atoms with E-state index in [0.29, 0.717) is 11.9 Å². The number of nitrogens with zero attached hydrogens (tertiary/aromatic N) is 3. The zero-order chi connectivity index (χ0) is 15.8. The molecule has 1 fully saturated rings. The lowest BCUT2D eigenvalue weighted by Crippen LogP contribution is -2.08. The van der Waals surface area contributed by atoms with Crippen molar-refractivity contribution in [1.29, 1.82) is 0 Å². The first-order chi connectivity index (χ1) is 11.2. The van der Waals surface area contributed by atoms with Crippen LogP contribution in [0.4, 0.5) is 5.69 Å². The molecule has 4 rings (SSSR count). The van der Waals surface area contributed by atoms with Crippen LogP contribution in [-0.2, 0) is 6.54 Å². The van der Waals surface area contributed by atoms with Gasteiger partial charge in [0.05, 0.1) is 12.2 Å². The second kappa shape index (κ2) is 5.57. The van der Waals surface area contributed by atoms with Gasteiger partial charge in [0.15, 0.2) is 0 Å². The highest BCUT2D eigenvalue weighted by Gasteiger charge is 2.25. The number of hydrogen-bond donors (Lipinski definition) is 1. The van der Waals surface area contributed by atoms with Crippen molar-refractivity contribution in [3.63, 3.8) is 0 Å². The summed E-state index contributed by atoms with van der Waals surface area (Å²) in [6, 6.07) is 6.86. The molecule has 3 aromatic rings. The summed E-state index contributed by atoms with van der Waals surface area (Å²) < 4.78 is 7.78. The topological polar surface area (TPSA) is 55.9 Å². The number of imidazole rings is 1. The van der Waals surface area contributed by atoms with E-state index in [2.05, 4.69) is 45.1 Å². The molecule has 118 valence electrons. The molecule has 0 unspecified atom stereocenters. The molecule has 23 heavy (non-hydrogen) atoms. The van der Waals surface area contributed by atoms with Crippen LogP contribution in [-0.4, -0.2) is 14.5 Å². The minimum Gasteiger partial charge on any atom is -0.444 e. The fourth-order valence-corrected chi connectivity index (χ4v) is 2.77. The number of aryl methyl sites for hydroxylation is 2. The summed E-state index contributed by atoms with van der Waals surface area (Å²) >= 11 is 0. The molecule has 0 atom stereocenters. The van der Waals surface area contributed by atoms with Gasteiger partial charge in [-0.1, -0.05) is 6.07 Å². The van der Waals surface area contributed by atoms with E-state index >= 15 is 0 Å². The van der Waals surface area contributed by atoms with Crippen molar-refractivity contribution in [2.75, 3.05) is 5.32 Å². The Bertz CT molecular complexity index is 829. The Morgan fingerprint density at radius 2 is 2.17 bits per heavy atom.